The first-order chi connectivity index (χ1) is 12.8. The lowest BCUT2D eigenvalue weighted by atomic mass is 10.1. The molecule has 1 fully saturated rings. The molecule has 132 valence electrons. The second kappa shape index (κ2) is 7.40. The number of aromatic nitrogens is 5. The SMILES string of the molecule is O=C(NC1CCNCC1)c1ccc(-c2cnn(-c3ccncc3)c2)nn1. The van der Waals surface area contributed by atoms with Crippen molar-refractivity contribution in [1.29, 1.82) is 0 Å². The number of rotatable bonds is 4. The van der Waals surface area contributed by atoms with Crippen LogP contribution in [0, 0.1) is 0 Å². The third kappa shape index (κ3) is 3.60. The number of amides is 1. The number of hydrogen-bond acceptors (Lipinski definition) is 6. The van der Waals surface area contributed by atoms with Gasteiger partial charge in [-0.25, -0.2) is 4.68 Å². The Morgan fingerprint density at radius 2 is 1.92 bits per heavy atom. The highest BCUT2D eigenvalue weighted by Crippen LogP contribution is 2.17. The van der Waals surface area contributed by atoms with E-state index in [1.54, 1.807) is 35.4 Å². The minimum absolute atomic E-state index is 0.177. The van der Waals surface area contributed by atoms with E-state index in [9.17, 15) is 4.79 Å². The van der Waals surface area contributed by atoms with E-state index in [4.69, 9.17) is 0 Å². The van der Waals surface area contributed by atoms with Crippen LogP contribution in [0.4, 0.5) is 0 Å². The fraction of sp³-hybridized carbons (Fsp3) is 0.278. The summed E-state index contributed by atoms with van der Waals surface area (Å²) in [6, 6.07) is 7.43. The lowest BCUT2D eigenvalue weighted by molar-refractivity contribution is 0.0923. The van der Waals surface area contributed by atoms with Crippen LogP contribution in [0.25, 0.3) is 16.9 Å². The van der Waals surface area contributed by atoms with Gasteiger partial charge in [-0.15, -0.1) is 10.2 Å². The van der Waals surface area contributed by atoms with Gasteiger partial charge in [0, 0.05) is 30.2 Å². The van der Waals surface area contributed by atoms with E-state index in [0.29, 0.717) is 11.4 Å². The van der Waals surface area contributed by atoms with Gasteiger partial charge < -0.3 is 10.6 Å². The highest BCUT2D eigenvalue weighted by atomic mass is 16.2. The van der Waals surface area contributed by atoms with Crippen molar-refractivity contribution in [1.82, 2.24) is 35.6 Å². The smallest absolute Gasteiger partial charge is 0.272 e. The van der Waals surface area contributed by atoms with E-state index >= 15 is 0 Å². The van der Waals surface area contributed by atoms with Crippen LogP contribution < -0.4 is 10.6 Å². The molecule has 0 unspecified atom stereocenters. The first-order valence-corrected chi connectivity index (χ1v) is 8.60. The van der Waals surface area contributed by atoms with Crippen LogP contribution in [0.1, 0.15) is 23.3 Å². The molecule has 0 aliphatic carbocycles. The molecule has 4 heterocycles. The summed E-state index contributed by atoms with van der Waals surface area (Å²) in [5.41, 5.74) is 2.74. The van der Waals surface area contributed by atoms with E-state index in [2.05, 4.69) is 30.9 Å². The highest BCUT2D eigenvalue weighted by Gasteiger charge is 2.17. The fourth-order valence-electron chi connectivity index (χ4n) is 2.93. The Kier molecular flexibility index (Phi) is 4.65. The summed E-state index contributed by atoms with van der Waals surface area (Å²) in [6.07, 6.45) is 8.89. The molecule has 26 heavy (non-hydrogen) atoms. The Morgan fingerprint density at radius 3 is 2.65 bits per heavy atom. The Bertz CT molecular complexity index is 870. The summed E-state index contributed by atoms with van der Waals surface area (Å²) in [4.78, 5) is 16.3. The maximum Gasteiger partial charge on any atom is 0.272 e. The topological polar surface area (TPSA) is 97.6 Å². The van der Waals surface area contributed by atoms with Gasteiger partial charge in [0.05, 0.1) is 17.6 Å². The van der Waals surface area contributed by atoms with Gasteiger partial charge in [-0.2, -0.15) is 5.10 Å². The molecule has 8 nitrogen and oxygen atoms in total. The quantitative estimate of drug-likeness (QED) is 0.735. The maximum absolute atomic E-state index is 12.3. The Morgan fingerprint density at radius 1 is 1.12 bits per heavy atom. The monoisotopic (exact) mass is 349 g/mol. The summed E-state index contributed by atoms with van der Waals surface area (Å²) < 4.78 is 1.75. The van der Waals surface area contributed by atoms with E-state index < -0.39 is 0 Å². The van der Waals surface area contributed by atoms with Crippen LogP contribution in [0.3, 0.4) is 0 Å². The Hall–Kier alpha value is -3.13. The number of pyridine rings is 1. The van der Waals surface area contributed by atoms with Gasteiger partial charge >= 0.3 is 0 Å². The average molecular weight is 349 g/mol. The molecule has 0 aromatic carbocycles. The van der Waals surface area contributed by atoms with Gasteiger partial charge in [0.15, 0.2) is 5.69 Å². The first-order valence-electron chi connectivity index (χ1n) is 8.60. The molecule has 3 aromatic rings. The summed E-state index contributed by atoms with van der Waals surface area (Å²) in [5, 5.41) is 18.9. The van der Waals surface area contributed by atoms with Gasteiger partial charge in [0.25, 0.3) is 5.91 Å². The molecule has 0 atom stereocenters. The Balaban J connectivity index is 1.46. The molecule has 1 amide bonds. The van der Waals surface area contributed by atoms with Crippen LogP contribution in [-0.4, -0.2) is 50.0 Å². The minimum atomic E-state index is -0.177. The zero-order valence-corrected chi connectivity index (χ0v) is 14.2. The molecule has 4 rings (SSSR count). The molecule has 2 N–H and O–H groups in total. The van der Waals surface area contributed by atoms with Crippen molar-refractivity contribution in [3.8, 4) is 16.9 Å². The third-order valence-electron chi connectivity index (χ3n) is 4.38. The maximum atomic E-state index is 12.3. The van der Waals surface area contributed by atoms with Crippen LogP contribution in [0.15, 0.2) is 49.1 Å². The van der Waals surface area contributed by atoms with Crippen LogP contribution in [0.5, 0.6) is 0 Å². The summed E-state index contributed by atoms with van der Waals surface area (Å²) in [6.45, 7) is 1.86. The van der Waals surface area contributed by atoms with Gasteiger partial charge in [-0.3, -0.25) is 9.78 Å². The van der Waals surface area contributed by atoms with Crippen molar-refractivity contribution >= 4 is 5.91 Å². The van der Waals surface area contributed by atoms with E-state index in [1.165, 1.54) is 0 Å². The number of piperidine rings is 1. The minimum Gasteiger partial charge on any atom is -0.348 e. The van der Waals surface area contributed by atoms with Crippen molar-refractivity contribution in [2.24, 2.45) is 0 Å². The predicted octanol–water partition coefficient (Wildman–Crippen LogP) is 1.21. The molecule has 0 spiro atoms. The average Bonchev–Trinajstić information content (AvgIpc) is 3.20. The first kappa shape index (κ1) is 16.3. The predicted molar refractivity (Wildman–Crippen MR) is 95.7 cm³/mol. The van der Waals surface area contributed by atoms with Crippen molar-refractivity contribution in [3.05, 3.63) is 54.7 Å². The molecule has 0 radical (unpaired) electrons. The van der Waals surface area contributed by atoms with Crippen molar-refractivity contribution < 1.29 is 4.79 Å². The van der Waals surface area contributed by atoms with Crippen LogP contribution in [0.2, 0.25) is 0 Å². The third-order valence-corrected chi connectivity index (χ3v) is 4.38. The van der Waals surface area contributed by atoms with E-state index in [-0.39, 0.29) is 11.9 Å². The van der Waals surface area contributed by atoms with Crippen molar-refractivity contribution in [2.75, 3.05) is 13.1 Å². The zero-order chi connectivity index (χ0) is 17.8. The fourth-order valence-corrected chi connectivity index (χ4v) is 2.93. The number of nitrogens with one attached hydrogen (secondary N) is 2. The molecular formula is C18H19N7O. The standard InChI is InChI=1S/C18H19N7O/c26-18(22-14-3-7-19-8-4-14)17-2-1-16(23-24-17)13-11-21-25(12-13)15-5-9-20-10-6-15/h1-2,5-6,9-12,14,19H,3-4,7-8H2,(H,22,26). The van der Waals surface area contributed by atoms with Crippen molar-refractivity contribution in [3.63, 3.8) is 0 Å². The van der Waals surface area contributed by atoms with Crippen molar-refractivity contribution in [2.45, 2.75) is 18.9 Å². The lowest BCUT2D eigenvalue weighted by Gasteiger charge is -2.23. The zero-order valence-electron chi connectivity index (χ0n) is 14.2. The second-order valence-electron chi connectivity index (χ2n) is 6.18. The number of carbonyl (C=O) groups is 1. The number of nitrogens with zero attached hydrogens (tertiary/aromatic N) is 5. The van der Waals surface area contributed by atoms with Gasteiger partial charge in [0.2, 0.25) is 0 Å². The molecule has 1 aliphatic heterocycles. The number of carbonyl (C=O) groups excluding carboxylic acids is 1. The second-order valence-corrected chi connectivity index (χ2v) is 6.18. The van der Waals surface area contributed by atoms with E-state index in [1.807, 2.05) is 18.3 Å². The molecule has 1 aliphatic rings. The molecule has 3 aromatic heterocycles. The molecule has 0 bridgehead atoms. The summed E-state index contributed by atoms with van der Waals surface area (Å²) >= 11 is 0. The van der Waals surface area contributed by atoms with Crippen LogP contribution in [-0.2, 0) is 0 Å². The largest absolute Gasteiger partial charge is 0.348 e. The van der Waals surface area contributed by atoms with Gasteiger partial charge in [-0.05, 0) is 50.2 Å². The molecule has 0 saturated carbocycles. The van der Waals surface area contributed by atoms with Crippen LogP contribution >= 0.6 is 0 Å². The number of hydrogen-bond donors (Lipinski definition) is 2. The van der Waals surface area contributed by atoms with Gasteiger partial charge in [0.1, 0.15) is 0 Å². The molecular weight excluding hydrogens is 330 g/mol. The van der Waals surface area contributed by atoms with E-state index in [0.717, 1.165) is 37.2 Å². The molecule has 8 heteroatoms. The summed E-state index contributed by atoms with van der Waals surface area (Å²) in [5.74, 6) is -0.177. The molecule has 1 saturated heterocycles. The van der Waals surface area contributed by atoms with Gasteiger partial charge in [-0.1, -0.05) is 0 Å². The Labute approximate surface area is 150 Å². The summed E-state index contributed by atoms with van der Waals surface area (Å²) in [7, 11) is 0. The highest BCUT2D eigenvalue weighted by molar-refractivity contribution is 5.92. The lowest BCUT2D eigenvalue weighted by Crippen LogP contribution is -2.42. The normalized spacial score (nSPS) is 14.9.